The maximum atomic E-state index is 13.1. The fourth-order valence-electron chi connectivity index (χ4n) is 2.35. The topological polar surface area (TPSA) is 45.2 Å². The number of amides is 1. The van der Waals surface area contributed by atoms with E-state index in [4.69, 9.17) is 0 Å². The number of aromatic nitrogens is 1. The quantitative estimate of drug-likeness (QED) is 0.766. The van der Waals surface area contributed by atoms with Gasteiger partial charge in [0.1, 0.15) is 16.6 Å². The van der Waals surface area contributed by atoms with Gasteiger partial charge in [0.05, 0.1) is 23.3 Å². The summed E-state index contributed by atoms with van der Waals surface area (Å²) in [6.45, 7) is 0.609. The van der Waals surface area contributed by atoms with E-state index in [2.05, 4.69) is 10.3 Å². The number of hydrogen-bond acceptors (Lipinski definition) is 4. The van der Waals surface area contributed by atoms with Crippen molar-refractivity contribution < 1.29 is 13.6 Å². The van der Waals surface area contributed by atoms with Crippen molar-refractivity contribution in [2.24, 2.45) is 0 Å². The highest BCUT2D eigenvalue weighted by atomic mass is 32.1. The summed E-state index contributed by atoms with van der Waals surface area (Å²) in [7, 11) is 1.79. The van der Waals surface area contributed by atoms with Crippen LogP contribution in [0.1, 0.15) is 5.01 Å². The number of rotatable bonds is 5. The smallest absolute Gasteiger partial charge is 0.238 e. The first-order valence-electron chi connectivity index (χ1n) is 7.28. The Hall–Kier alpha value is -2.38. The number of fused-ring (bicyclic) bond motifs is 1. The van der Waals surface area contributed by atoms with E-state index >= 15 is 0 Å². The molecule has 124 valence electrons. The second kappa shape index (κ2) is 7.02. The van der Waals surface area contributed by atoms with Gasteiger partial charge in [-0.1, -0.05) is 12.1 Å². The zero-order valence-electron chi connectivity index (χ0n) is 12.9. The van der Waals surface area contributed by atoms with Crippen LogP contribution in [0.15, 0.2) is 42.5 Å². The number of halogens is 2. The monoisotopic (exact) mass is 347 g/mol. The summed E-state index contributed by atoms with van der Waals surface area (Å²) in [6.07, 6.45) is 0. The summed E-state index contributed by atoms with van der Waals surface area (Å²) in [5.74, 6) is -1.80. The minimum atomic E-state index is -0.729. The summed E-state index contributed by atoms with van der Waals surface area (Å²) < 4.78 is 27.3. The summed E-state index contributed by atoms with van der Waals surface area (Å²) >= 11 is 1.58. The lowest BCUT2D eigenvalue weighted by atomic mass is 10.3. The molecule has 1 N–H and O–H groups in total. The standard InChI is InChI=1S/C17H15F2N3OS/c1-22(10-17-21-14-4-2-3-5-15(14)24-17)9-16(23)20-13-7-11(18)6-12(19)8-13/h2-8H,9-10H2,1H3,(H,20,23). The van der Waals surface area contributed by atoms with Crippen LogP contribution in [-0.4, -0.2) is 29.4 Å². The van der Waals surface area contributed by atoms with Crippen molar-refractivity contribution in [1.29, 1.82) is 0 Å². The molecule has 24 heavy (non-hydrogen) atoms. The minimum absolute atomic E-state index is 0.0913. The van der Waals surface area contributed by atoms with Crippen LogP contribution in [0.5, 0.6) is 0 Å². The van der Waals surface area contributed by atoms with Crippen molar-refractivity contribution in [3.63, 3.8) is 0 Å². The lowest BCUT2D eigenvalue weighted by Crippen LogP contribution is -2.29. The molecule has 0 unspecified atom stereocenters. The molecule has 1 aromatic heterocycles. The van der Waals surface area contributed by atoms with Crippen molar-refractivity contribution in [1.82, 2.24) is 9.88 Å². The number of carbonyl (C=O) groups is 1. The van der Waals surface area contributed by atoms with Gasteiger partial charge in [-0.25, -0.2) is 13.8 Å². The Morgan fingerprint density at radius 2 is 1.92 bits per heavy atom. The summed E-state index contributed by atoms with van der Waals surface area (Å²) in [5.41, 5.74) is 1.04. The highest BCUT2D eigenvalue weighted by Crippen LogP contribution is 2.22. The fraction of sp³-hybridized carbons (Fsp3) is 0.176. The van der Waals surface area contributed by atoms with Crippen LogP contribution in [0.25, 0.3) is 10.2 Å². The third-order valence-corrected chi connectivity index (χ3v) is 4.32. The second-order valence-electron chi connectivity index (χ2n) is 5.45. The first kappa shape index (κ1) is 16.5. The molecule has 0 fully saturated rings. The first-order valence-corrected chi connectivity index (χ1v) is 8.10. The van der Waals surface area contributed by atoms with E-state index in [-0.39, 0.29) is 18.1 Å². The Morgan fingerprint density at radius 3 is 2.62 bits per heavy atom. The molecule has 3 rings (SSSR count). The molecule has 0 saturated carbocycles. The maximum absolute atomic E-state index is 13.1. The molecule has 2 aromatic carbocycles. The number of carbonyl (C=O) groups excluding carboxylic acids is 1. The maximum Gasteiger partial charge on any atom is 0.238 e. The molecule has 0 atom stereocenters. The Bertz CT molecular complexity index is 828. The first-order chi connectivity index (χ1) is 11.5. The van der Waals surface area contributed by atoms with Crippen molar-refractivity contribution >= 4 is 33.1 Å². The van der Waals surface area contributed by atoms with E-state index in [0.29, 0.717) is 6.54 Å². The van der Waals surface area contributed by atoms with Crippen LogP contribution in [0.4, 0.5) is 14.5 Å². The molecule has 0 radical (unpaired) electrons. The number of nitrogens with zero attached hydrogens (tertiary/aromatic N) is 2. The van der Waals surface area contributed by atoms with Crippen LogP contribution in [0.3, 0.4) is 0 Å². The predicted molar refractivity (Wildman–Crippen MR) is 90.9 cm³/mol. The number of thiazole rings is 1. The molecule has 0 spiro atoms. The molecule has 3 aromatic rings. The van der Waals surface area contributed by atoms with Crippen LogP contribution in [0.2, 0.25) is 0 Å². The van der Waals surface area contributed by atoms with E-state index in [1.165, 1.54) is 0 Å². The molecule has 0 aliphatic carbocycles. The van der Waals surface area contributed by atoms with E-state index in [9.17, 15) is 13.6 Å². The van der Waals surface area contributed by atoms with E-state index < -0.39 is 11.6 Å². The molecular weight excluding hydrogens is 332 g/mol. The van der Waals surface area contributed by atoms with E-state index in [1.807, 2.05) is 24.3 Å². The minimum Gasteiger partial charge on any atom is -0.325 e. The zero-order chi connectivity index (χ0) is 17.1. The van der Waals surface area contributed by atoms with Gasteiger partial charge in [-0.3, -0.25) is 9.69 Å². The number of anilines is 1. The van der Waals surface area contributed by atoms with Gasteiger partial charge in [0.2, 0.25) is 5.91 Å². The van der Waals surface area contributed by atoms with Crippen molar-refractivity contribution in [2.75, 3.05) is 18.9 Å². The zero-order valence-corrected chi connectivity index (χ0v) is 13.7. The summed E-state index contributed by atoms with van der Waals surface area (Å²) in [6, 6.07) is 10.8. The SMILES string of the molecule is CN(CC(=O)Nc1cc(F)cc(F)c1)Cc1nc2ccccc2s1. The van der Waals surface area contributed by atoms with Gasteiger partial charge in [-0.05, 0) is 31.3 Å². The summed E-state index contributed by atoms with van der Waals surface area (Å²) in [5, 5.41) is 3.40. The van der Waals surface area contributed by atoms with Crippen molar-refractivity contribution in [3.05, 3.63) is 59.1 Å². The van der Waals surface area contributed by atoms with Gasteiger partial charge in [-0.2, -0.15) is 0 Å². The van der Waals surface area contributed by atoms with Crippen molar-refractivity contribution in [3.8, 4) is 0 Å². The van der Waals surface area contributed by atoms with Crippen molar-refractivity contribution in [2.45, 2.75) is 6.54 Å². The van der Waals surface area contributed by atoms with Crippen LogP contribution >= 0.6 is 11.3 Å². The fourth-order valence-corrected chi connectivity index (χ4v) is 3.39. The van der Waals surface area contributed by atoms with Crippen LogP contribution in [0, 0.1) is 11.6 Å². The Labute approximate surface area is 141 Å². The third-order valence-electron chi connectivity index (χ3n) is 3.30. The largest absolute Gasteiger partial charge is 0.325 e. The normalized spacial score (nSPS) is 11.2. The predicted octanol–water partition coefficient (Wildman–Crippen LogP) is 3.65. The van der Waals surface area contributed by atoms with Crippen LogP contribution in [-0.2, 0) is 11.3 Å². The van der Waals surface area contributed by atoms with Gasteiger partial charge < -0.3 is 5.32 Å². The lowest BCUT2D eigenvalue weighted by molar-refractivity contribution is -0.117. The number of nitrogens with one attached hydrogen (secondary N) is 1. The van der Waals surface area contributed by atoms with Gasteiger partial charge in [0.15, 0.2) is 0 Å². The van der Waals surface area contributed by atoms with E-state index in [0.717, 1.165) is 33.4 Å². The summed E-state index contributed by atoms with van der Waals surface area (Å²) in [4.78, 5) is 18.3. The number of likely N-dealkylation sites (N-methyl/N-ethyl adjacent to an activating group) is 1. The van der Waals surface area contributed by atoms with Gasteiger partial charge >= 0.3 is 0 Å². The van der Waals surface area contributed by atoms with Crippen LogP contribution < -0.4 is 5.32 Å². The Kier molecular flexibility index (Phi) is 4.82. The number of benzene rings is 2. The molecule has 4 nitrogen and oxygen atoms in total. The average molecular weight is 347 g/mol. The average Bonchev–Trinajstić information content (AvgIpc) is 2.87. The second-order valence-corrected chi connectivity index (χ2v) is 6.57. The Morgan fingerprint density at radius 1 is 1.21 bits per heavy atom. The van der Waals surface area contributed by atoms with E-state index in [1.54, 1.807) is 23.3 Å². The molecule has 1 heterocycles. The molecule has 1 amide bonds. The molecule has 0 bridgehead atoms. The number of para-hydroxylation sites is 1. The lowest BCUT2D eigenvalue weighted by Gasteiger charge is -2.14. The Balaban J connectivity index is 1.59. The molecule has 7 heteroatoms. The molecule has 0 saturated heterocycles. The highest BCUT2D eigenvalue weighted by Gasteiger charge is 2.11. The number of hydrogen-bond donors (Lipinski definition) is 1. The molecule has 0 aliphatic rings. The van der Waals surface area contributed by atoms with Gasteiger partial charge in [-0.15, -0.1) is 11.3 Å². The molecule has 0 aliphatic heterocycles. The van der Waals surface area contributed by atoms with Gasteiger partial charge in [0, 0.05) is 11.8 Å². The van der Waals surface area contributed by atoms with Gasteiger partial charge in [0.25, 0.3) is 0 Å². The highest BCUT2D eigenvalue weighted by molar-refractivity contribution is 7.18. The third kappa shape index (κ3) is 4.12. The molecular formula is C17H15F2N3OS.